The summed E-state index contributed by atoms with van der Waals surface area (Å²) >= 11 is 0. The zero-order chi connectivity index (χ0) is 13.0. The fourth-order valence-electron chi connectivity index (χ4n) is 1.28. The van der Waals surface area contributed by atoms with Crippen LogP contribution in [0, 0.1) is 0 Å². The molecule has 1 N–H and O–H groups in total. The van der Waals surface area contributed by atoms with Crippen LogP contribution in [0.3, 0.4) is 0 Å². The van der Waals surface area contributed by atoms with Crippen LogP contribution in [0.25, 0.3) is 0 Å². The van der Waals surface area contributed by atoms with Gasteiger partial charge < -0.3 is 5.11 Å². The molecule has 0 fully saturated rings. The second-order valence-corrected chi connectivity index (χ2v) is 8.50. The predicted octanol–water partition coefficient (Wildman–Crippen LogP) is 3.02. The van der Waals surface area contributed by atoms with Gasteiger partial charge in [0.05, 0.1) is 0 Å². The van der Waals surface area contributed by atoms with Gasteiger partial charge in [-0.1, -0.05) is 6.92 Å². The number of nitrogens with zero attached hydrogens (tertiary/aromatic N) is 1. The SMILES string of the molecule is CCC[N+](CC)(C(=O)O)S(=O)SC(C)(C)C. The molecule has 2 unspecified atom stereocenters. The number of quaternary nitrogens is 1. The molecule has 1 amide bonds. The molecule has 6 heteroatoms. The van der Waals surface area contributed by atoms with Crippen LogP contribution in [0.1, 0.15) is 41.0 Å². The number of hydrogen-bond donors (Lipinski definition) is 1. The van der Waals surface area contributed by atoms with Crippen molar-refractivity contribution in [3.8, 4) is 0 Å². The van der Waals surface area contributed by atoms with Crippen LogP contribution in [0.4, 0.5) is 4.79 Å². The van der Waals surface area contributed by atoms with Crippen molar-refractivity contribution in [2.24, 2.45) is 0 Å². The minimum atomic E-state index is -1.46. The summed E-state index contributed by atoms with van der Waals surface area (Å²) in [6, 6.07) is 0. The van der Waals surface area contributed by atoms with E-state index < -0.39 is 16.1 Å². The number of hydrogen-bond acceptors (Lipinski definition) is 3. The maximum atomic E-state index is 12.2. The van der Waals surface area contributed by atoms with E-state index in [1.165, 1.54) is 10.8 Å². The van der Waals surface area contributed by atoms with Gasteiger partial charge in [-0.05, 0) is 34.1 Å². The van der Waals surface area contributed by atoms with Gasteiger partial charge in [-0.15, -0.1) is 3.89 Å². The summed E-state index contributed by atoms with van der Waals surface area (Å²) in [6.07, 6.45) is -0.296. The molecule has 0 spiro atoms. The van der Waals surface area contributed by atoms with Gasteiger partial charge in [-0.2, -0.15) is 9.00 Å². The number of carboxylic acid groups (broad SMARTS) is 1. The third-order valence-electron chi connectivity index (χ3n) is 2.05. The topological polar surface area (TPSA) is 54.4 Å². The lowest BCUT2D eigenvalue weighted by Crippen LogP contribution is -2.53. The maximum absolute atomic E-state index is 12.2. The molecule has 0 aromatic carbocycles. The highest BCUT2D eigenvalue weighted by Crippen LogP contribution is 2.33. The van der Waals surface area contributed by atoms with Gasteiger partial charge >= 0.3 is 6.09 Å². The lowest BCUT2D eigenvalue weighted by Gasteiger charge is -2.30. The third-order valence-corrected chi connectivity index (χ3v) is 6.64. The largest absolute Gasteiger partial charge is 0.528 e. The molecule has 96 valence electrons. The molecule has 16 heavy (non-hydrogen) atoms. The van der Waals surface area contributed by atoms with E-state index in [9.17, 15) is 14.1 Å². The van der Waals surface area contributed by atoms with Crippen LogP contribution in [-0.4, -0.2) is 37.1 Å². The van der Waals surface area contributed by atoms with Crippen molar-refractivity contribution in [2.75, 3.05) is 13.1 Å². The Morgan fingerprint density at radius 2 is 1.88 bits per heavy atom. The standard InChI is InChI=1S/C10H21NO3S2/c1-6-8-11(7-2,9(12)13)16(14)15-10(3,4)5/h6-8H2,1-5H3/p+1. The summed E-state index contributed by atoms with van der Waals surface area (Å²) in [5.41, 5.74) is 0. The van der Waals surface area contributed by atoms with Crippen molar-refractivity contribution < 1.29 is 18.0 Å². The first-order valence-electron chi connectivity index (χ1n) is 5.42. The van der Waals surface area contributed by atoms with E-state index in [-0.39, 0.29) is 8.64 Å². The van der Waals surface area contributed by atoms with E-state index in [1.54, 1.807) is 6.92 Å². The molecule has 0 heterocycles. The molecule has 2 atom stereocenters. The van der Waals surface area contributed by atoms with Gasteiger partial charge in [0.15, 0.2) is 0 Å². The molecule has 4 nitrogen and oxygen atoms in total. The number of rotatable bonds is 5. The average molecular weight is 268 g/mol. The van der Waals surface area contributed by atoms with Crippen molar-refractivity contribution >= 4 is 26.9 Å². The third kappa shape index (κ3) is 4.07. The normalized spacial score (nSPS) is 17.8. The summed E-state index contributed by atoms with van der Waals surface area (Å²) < 4.78 is 11.6. The Bertz CT molecular complexity index is 276. The van der Waals surface area contributed by atoms with E-state index in [1.807, 2.05) is 27.7 Å². The molecule has 0 radical (unpaired) electrons. The minimum Gasteiger partial charge on any atom is -0.435 e. The molecule has 0 aromatic heterocycles. The van der Waals surface area contributed by atoms with Crippen molar-refractivity contribution in [2.45, 2.75) is 45.8 Å². The smallest absolute Gasteiger partial charge is 0.435 e. The Labute approximate surface area is 104 Å². The predicted molar refractivity (Wildman–Crippen MR) is 69.5 cm³/mol. The van der Waals surface area contributed by atoms with Gasteiger partial charge in [-0.25, -0.2) is 0 Å². The van der Waals surface area contributed by atoms with Crippen LogP contribution in [0.15, 0.2) is 0 Å². The molecule has 0 rings (SSSR count). The van der Waals surface area contributed by atoms with Crippen molar-refractivity contribution in [1.82, 2.24) is 0 Å². The Hall–Kier alpha value is -0.0700. The highest BCUT2D eigenvalue weighted by molar-refractivity contribution is 8.67. The Morgan fingerprint density at radius 3 is 2.12 bits per heavy atom. The van der Waals surface area contributed by atoms with E-state index in [2.05, 4.69) is 0 Å². The molecule has 0 saturated carbocycles. The Morgan fingerprint density at radius 1 is 1.38 bits per heavy atom. The van der Waals surface area contributed by atoms with Crippen LogP contribution < -0.4 is 0 Å². The van der Waals surface area contributed by atoms with Gasteiger partial charge in [0.25, 0.3) is 10.0 Å². The Balaban J connectivity index is 5.03. The number of carbonyl (C=O) groups is 1. The van der Waals surface area contributed by atoms with Crippen molar-refractivity contribution in [1.29, 1.82) is 0 Å². The molecular formula is C10H22NO3S2+. The molecule has 0 aliphatic carbocycles. The summed E-state index contributed by atoms with van der Waals surface area (Å²) in [5.74, 6) is 0. The van der Waals surface area contributed by atoms with E-state index in [0.717, 1.165) is 0 Å². The fourth-order valence-corrected chi connectivity index (χ4v) is 4.96. The monoisotopic (exact) mass is 268 g/mol. The second-order valence-electron chi connectivity index (χ2n) is 4.62. The first-order chi connectivity index (χ1) is 7.19. The van der Waals surface area contributed by atoms with E-state index in [4.69, 9.17) is 0 Å². The first-order valence-corrected chi connectivity index (χ1v) is 7.86. The quantitative estimate of drug-likeness (QED) is 0.615. The van der Waals surface area contributed by atoms with E-state index in [0.29, 0.717) is 19.5 Å². The zero-order valence-electron chi connectivity index (χ0n) is 10.6. The number of amides is 1. The summed E-state index contributed by atoms with van der Waals surface area (Å²) in [6.45, 7) is 10.2. The first kappa shape index (κ1) is 15.9. The molecular weight excluding hydrogens is 246 g/mol. The molecule has 0 aliphatic heterocycles. The molecule has 0 bridgehead atoms. The lowest BCUT2D eigenvalue weighted by molar-refractivity contribution is -0.721. The van der Waals surface area contributed by atoms with Crippen molar-refractivity contribution in [3.05, 3.63) is 0 Å². The summed E-state index contributed by atoms with van der Waals surface area (Å²) in [4.78, 5) is 11.3. The highest BCUT2D eigenvalue weighted by atomic mass is 33.1. The molecule has 0 saturated heterocycles. The van der Waals surface area contributed by atoms with Crippen LogP contribution >= 0.6 is 10.8 Å². The molecule has 0 aromatic rings. The highest BCUT2D eigenvalue weighted by Gasteiger charge is 2.44. The van der Waals surface area contributed by atoms with Crippen LogP contribution in [-0.2, 0) is 10.0 Å². The fraction of sp³-hybridized carbons (Fsp3) is 0.900. The van der Waals surface area contributed by atoms with Gasteiger partial charge in [0.1, 0.15) is 13.1 Å². The average Bonchev–Trinajstić information content (AvgIpc) is 2.10. The maximum Gasteiger partial charge on any atom is 0.528 e. The minimum absolute atomic E-state index is 0.202. The van der Waals surface area contributed by atoms with Gasteiger partial charge in [0, 0.05) is 15.5 Å². The second kappa shape index (κ2) is 6.02. The van der Waals surface area contributed by atoms with Crippen LogP contribution in [0.2, 0.25) is 0 Å². The van der Waals surface area contributed by atoms with Crippen molar-refractivity contribution in [3.63, 3.8) is 0 Å². The Kier molecular flexibility index (Phi) is 6.00. The molecule has 0 aliphatic rings. The van der Waals surface area contributed by atoms with Crippen LogP contribution in [0.5, 0.6) is 0 Å². The summed E-state index contributed by atoms with van der Waals surface area (Å²) in [5, 5.41) is 9.29. The lowest BCUT2D eigenvalue weighted by atomic mass is 10.3. The zero-order valence-corrected chi connectivity index (χ0v) is 12.3. The summed E-state index contributed by atoms with van der Waals surface area (Å²) in [7, 11) is -0.241. The van der Waals surface area contributed by atoms with Gasteiger partial charge in [0.2, 0.25) is 0 Å². The van der Waals surface area contributed by atoms with E-state index >= 15 is 0 Å². The van der Waals surface area contributed by atoms with Gasteiger partial charge in [-0.3, -0.25) is 0 Å².